The van der Waals surface area contributed by atoms with Crippen LogP contribution in [0.1, 0.15) is 31.9 Å². The Morgan fingerprint density at radius 2 is 2.44 bits per heavy atom. The highest BCUT2D eigenvalue weighted by molar-refractivity contribution is 5.75. The third-order valence-electron chi connectivity index (χ3n) is 3.08. The summed E-state index contributed by atoms with van der Waals surface area (Å²) in [5.41, 5.74) is 1.67. The van der Waals surface area contributed by atoms with Crippen molar-refractivity contribution < 1.29 is 13.9 Å². The van der Waals surface area contributed by atoms with Crippen LogP contribution in [-0.4, -0.2) is 17.6 Å². The van der Waals surface area contributed by atoms with Gasteiger partial charge < -0.3 is 4.74 Å². The summed E-state index contributed by atoms with van der Waals surface area (Å²) in [4.78, 5) is 15.7. The lowest BCUT2D eigenvalue weighted by atomic mass is 9.88. The normalized spacial score (nSPS) is 19.2. The van der Waals surface area contributed by atoms with Crippen LogP contribution in [0.5, 0.6) is 0 Å². The van der Waals surface area contributed by atoms with Crippen molar-refractivity contribution in [3.8, 4) is 0 Å². The summed E-state index contributed by atoms with van der Waals surface area (Å²) in [7, 11) is 0. The molecule has 0 bridgehead atoms. The van der Waals surface area contributed by atoms with Gasteiger partial charge >= 0.3 is 5.97 Å². The SMILES string of the molecule is CCOC(=O)C1CC=C(c2cc(F)ccn2)CC1. The lowest BCUT2D eigenvalue weighted by Gasteiger charge is -2.20. The number of nitrogens with zero attached hydrogens (tertiary/aromatic N) is 1. The average molecular weight is 249 g/mol. The molecule has 4 heteroatoms. The first-order valence-corrected chi connectivity index (χ1v) is 6.18. The summed E-state index contributed by atoms with van der Waals surface area (Å²) in [5, 5.41) is 0. The zero-order valence-corrected chi connectivity index (χ0v) is 10.4. The van der Waals surface area contributed by atoms with E-state index in [-0.39, 0.29) is 17.7 Å². The molecular weight excluding hydrogens is 233 g/mol. The van der Waals surface area contributed by atoms with Gasteiger partial charge in [-0.25, -0.2) is 4.39 Å². The van der Waals surface area contributed by atoms with Crippen molar-refractivity contribution in [2.45, 2.75) is 26.2 Å². The molecule has 1 unspecified atom stereocenters. The molecule has 0 aliphatic heterocycles. The summed E-state index contributed by atoms with van der Waals surface area (Å²) in [6.45, 7) is 2.22. The minimum Gasteiger partial charge on any atom is -0.466 e. The van der Waals surface area contributed by atoms with Gasteiger partial charge in [-0.3, -0.25) is 9.78 Å². The van der Waals surface area contributed by atoms with Gasteiger partial charge in [-0.05, 0) is 43.9 Å². The van der Waals surface area contributed by atoms with E-state index in [4.69, 9.17) is 4.74 Å². The number of carbonyl (C=O) groups excluding carboxylic acids is 1. The lowest BCUT2D eigenvalue weighted by molar-refractivity contribution is -0.148. The number of rotatable bonds is 3. The van der Waals surface area contributed by atoms with Crippen LogP contribution in [0, 0.1) is 11.7 Å². The van der Waals surface area contributed by atoms with Gasteiger partial charge in [0.15, 0.2) is 0 Å². The number of hydrogen-bond donors (Lipinski definition) is 0. The van der Waals surface area contributed by atoms with Crippen molar-refractivity contribution in [1.82, 2.24) is 4.98 Å². The molecule has 1 aromatic heterocycles. The minimum absolute atomic E-state index is 0.0674. The highest BCUT2D eigenvalue weighted by Gasteiger charge is 2.23. The summed E-state index contributed by atoms with van der Waals surface area (Å²) in [6, 6.07) is 2.75. The Morgan fingerprint density at radius 3 is 3.06 bits per heavy atom. The Balaban J connectivity index is 2.05. The molecule has 0 spiro atoms. The molecule has 1 heterocycles. The van der Waals surface area contributed by atoms with E-state index in [9.17, 15) is 9.18 Å². The van der Waals surface area contributed by atoms with E-state index in [1.807, 2.05) is 6.08 Å². The lowest BCUT2D eigenvalue weighted by Crippen LogP contribution is -2.19. The van der Waals surface area contributed by atoms with Crippen molar-refractivity contribution >= 4 is 11.5 Å². The molecule has 2 rings (SSSR count). The van der Waals surface area contributed by atoms with Gasteiger partial charge in [0.2, 0.25) is 0 Å². The van der Waals surface area contributed by atoms with Crippen molar-refractivity contribution in [2.75, 3.05) is 6.61 Å². The number of aromatic nitrogens is 1. The van der Waals surface area contributed by atoms with Crippen molar-refractivity contribution in [3.63, 3.8) is 0 Å². The first kappa shape index (κ1) is 12.7. The fourth-order valence-corrected chi connectivity index (χ4v) is 2.12. The second kappa shape index (κ2) is 5.76. The predicted molar refractivity (Wildman–Crippen MR) is 66.1 cm³/mol. The summed E-state index contributed by atoms with van der Waals surface area (Å²) >= 11 is 0. The van der Waals surface area contributed by atoms with E-state index < -0.39 is 0 Å². The Labute approximate surface area is 106 Å². The van der Waals surface area contributed by atoms with Gasteiger partial charge in [0.25, 0.3) is 0 Å². The maximum absolute atomic E-state index is 13.1. The van der Waals surface area contributed by atoms with Crippen LogP contribution in [0.3, 0.4) is 0 Å². The van der Waals surface area contributed by atoms with E-state index in [1.54, 1.807) is 6.92 Å². The molecule has 0 aromatic carbocycles. The van der Waals surface area contributed by atoms with Gasteiger partial charge in [0, 0.05) is 6.20 Å². The number of ether oxygens (including phenoxy) is 1. The van der Waals surface area contributed by atoms with Crippen LogP contribution in [0.25, 0.3) is 5.57 Å². The Bertz CT molecular complexity index is 471. The highest BCUT2D eigenvalue weighted by atomic mass is 19.1. The minimum atomic E-state index is -0.284. The molecule has 1 aliphatic rings. The molecule has 0 radical (unpaired) electrons. The van der Waals surface area contributed by atoms with Gasteiger partial charge in [0.05, 0.1) is 18.2 Å². The summed E-state index contributed by atoms with van der Waals surface area (Å²) < 4.78 is 18.1. The average Bonchev–Trinajstić information content (AvgIpc) is 2.39. The number of allylic oxidation sites excluding steroid dienone is 2. The van der Waals surface area contributed by atoms with Gasteiger partial charge in [-0.2, -0.15) is 0 Å². The zero-order valence-electron chi connectivity index (χ0n) is 10.4. The number of esters is 1. The van der Waals surface area contributed by atoms with Crippen LogP contribution in [-0.2, 0) is 9.53 Å². The van der Waals surface area contributed by atoms with Crippen molar-refractivity contribution in [1.29, 1.82) is 0 Å². The monoisotopic (exact) mass is 249 g/mol. The molecule has 18 heavy (non-hydrogen) atoms. The molecule has 0 fully saturated rings. The number of pyridine rings is 1. The Morgan fingerprint density at radius 1 is 1.61 bits per heavy atom. The third kappa shape index (κ3) is 2.94. The second-order valence-corrected chi connectivity index (χ2v) is 4.31. The summed E-state index contributed by atoms with van der Waals surface area (Å²) in [6.07, 6.45) is 5.55. The van der Waals surface area contributed by atoms with Gasteiger partial charge in [-0.15, -0.1) is 0 Å². The first-order valence-electron chi connectivity index (χ1n) is 6.18. The molecule has 1 aromatic rings. The quantitative estimate of drug-likeness (QED) is 0.773. The van der Waals surface area contributed by atoms with E-state index >= 15 is 0 Å². The molecule has 0 amide bonds. The van der Waals surface area contributed by atoms with Gasteiger partial charge in [-0.1, -0.05) is 6.08 Å². The third-order valence-corrected chi connectivity index (χ3v) is 3.08. The standard InChI is InChI=1S/C14H16FNO2/c1-2-18-14(17)11-5-3-10(4-6-11)13-9-12(15)7-8-16-13/h3,7-9,11H,2,4-6H2,1H3. The molecule has 0 N–H and O–H groups in total. The molecular formula is C14H16FNO2. The molecule has 96 valence electrons. The molecule has 1 atom stereocenters. The Hall–Kier alpha value is -1.71. The van der Waals surface area contributed by atoms with E-state index in [1.165, 1.54) is 18.3 Å². The van der Waals surface area contributed by atoms with Crippen LogP contribution in [0.4, 0.5) is 4.39 Å². The zero-order chi connectivity index (χ0) is 13.0. The number of hydrogen-bond acceptors (Lipinski definition) is 3. The molecule has 0 saturated heterocycles. The smallest absolute Gasteiger partial charge is 0.309 e. The van der Waals surface area contributed by atoms with E-state index in [0.717, 1.165) is 18.4 Å². The van der Waals surface area contributed by atoms with Gasteiger partial charge in [0.1, 0.15) is 5.82 Å². The number of carbonyl (C=O) groups is 1. The Kier molecular flexibility index (Phi) is 4.07. The summed E-state index contributed by atoms with van der Waals surface area (Å²) in [5.74, 6) is -0.490. The fraction of sp³-hybridized carbons (Fsp3) is 0.429. The van der Waals surface area contributed by atoms with Crippen molar-refractivity contribution in [2.24, 2.45) is 5.92 Å². The number of halogens is 1. The van der Waals surface area contributed by atoms with Crippen molar-refractivity contribution in [3.05, 3.63) is 35.9 Å². The van der Waals surface area contributed by atoms with Crippen LogP contribution in [0.15, 0.2) is 24.4 Å². The van der Waals surface area contributed by atoms with E-state index in [0.29, 0.717) is 18.7 Å². The van der Waals surface area contributed by atoms with Crippen LogP contribution < -0.4 is 0 Å². The predicted octanol–water partition coefficient (Wildman–Crippen LogP) is 2.97. The highest BCUT2D eigenvalue weighted by Crippen LogP contribution is 2.30. The second-order valence-electron chi connectivity index (χ2n) is 4.31. The maximum atomic E-state index is 13.1. The van der Waals surface area contributed by atoms with Crippen LogP contribution >= 0.6 is 0 Å². The molecule has 0 saturated carbocycles. The topological polar surface area (TPSA) is 39.2 Å². The molecule has 1 aliphatic carbocycles. The first-order chi connectivity index (χ1) is 8.70. The van der Waals surface area contributed by atoms with Crippen LogP contribution in [0.2, 0.25) is 0 Å². The maximum Gasteiger partial charge on any atom is 0.309 e. The van der Waals surface area contributed by atoms with E-state index in [2.05, 4.69) is 4.98 Å². The molecule has 3 nitrogen and oxygen atoms in total. The largest absolute Gasteiger partial charge is 0.466 e. The fourth-order valence-electron chi connectivity index (χ4n) is 2.12.